The zero-order valence-corrected chi connectivity index (χ0v) is 9.39. The minimum Gasteiger partial charge on any atom is -0.492 e. The molecular formula is C13H17NO2. The highest BCUT2D eigenvalue weighted by Gasteiger charge is 1.95. The molecule has 0 atom stereocenters. The van der Waals surface area contributed by atoms with Crippen LogP contribution in [-0.4, -0.2) is 17.9 Å². The van der Waals surface area contributed by atoms with Gasteiger partial charge in [-0.15, -0.1) is 6.58 Å². The maximum absolute atomic E-state index is 10.4. The van der Waals surface area contributed by atoms with Crippen molar-refractivity contribution in [2.24, 2.45) is 0 Å². The fourth-order valence-corrected chi connectivity index (χ4v) is 1.30. The molecule has 0 aliphatic rings. The van der Waals surface area contributed by atoms with Crippen molar-refractivity contribution in [2.45, 2.75) is 25.7 Å². The van der Waals surface area contributed by atoms with Crippen molar-refractivity contribution in [1.29, 1.82) is 0 Å². The number of pyridine rings is 1. The van der Waals surface area contributed by atoms with Crippen molar-refractivity contribution in [1.82, 2.24) is 4.98 Å². The molecule has 1 heterocycles. The molecular weight excluding hydrogens is 202 g/mol. The molecule has 1 aromatic rings. The molecule has 0 fully saturated rings. The average Bonchev–Trinajstić information content (AvgIpc) is 2.34. The van der Waals surface area contributed by atoms with E-state index in [0.29, 0.717) is 18.1 Å². The number of hydrogen-bond acceptors (Lipinski definition) is 3. The van der Waals surface area contributed by atoms with E-state index < -0.39 is 0 Å². The Morgan fingerprint density at radius 3 is 2.81 bits per heavy atom. The molecule has 0 saturated heterocycles. The van der Waals surface area contributed by atoms with Gasteiger partial charge in [-0.25, -0.2) is 4.98 Å². The topological polar surface area (TPSA) is 39.2 Å². The fraction of sp³-hybridized carbons (Fsp3) is 0.385. The number of nitrogens with zero attached hydrogens (tertiary/aromatic N) is 1. The van der Waals surface area contributed by atoms with E-state index in [9.17, 15) is 4.79 Å². The van der Waals surface area contributed by atoms with Crippen molar-refractivity contribution in [3.63, 3.8) is 0 Å². The number of carbonyl (C=O) groups is 1. The van der Waals surface area contributed by atoms with Gasteiger partial charge < -0.3 is 4.74 Å². The van der Waals surface area contributed by atoms with Crippen LogP contribution < -0.4 is 4.74 Å². The number of rotatable bonds is 8. The van der Waals surface area contributed by atoms with Gasteiger partial charge in [0, 0.05) is 0 Å². The molecule has 16 heavy (non-hydrogen) atoms. The Balaban J connectivity index is 2.16. The molecule has 0 saturated carbocycles. The lowest BCUT2D eigenvalue weighted by molar-refractivity contribution is 0.111. The lowest BCUT2D eigenvalue weighted by Crippen LogP contribution is -1.98. The van der Waals surface area contributed by atoms with Crippen LogP contribution in [0.15, 0.2) is 31.0 Å². The lowest BCUT2D eigenvalue weighted by atomic mass is 10.2. The van der Waals surface area contributed by atoms with Gasteiger partial charge in [-0.3, -0.25) is 4.79 Å². The van der Waals surface area contributed by atoms with Crippen molar-refractivity contribution in [3.05, 3.63) is 36.7 Å². The summed E-state index contributed by atoms with van der Waals surface area (Å²) in [6.07, 6.45) is 8.63. The van der Waals surface area contributed by atoms with Crippen LogP contribution >= 0.6 is 0 Å². The Hall–Kier alpha value is -1.64. The van der Waals surface area contributed by atoms with E-state index in [1.54, 1.807) is 18.3 Å². The number of carbonyl (C=O) groups excluding carboxylic acids is 1. The molecule has 0 bridgehead atoms. The summed E-state index contributed by atoms with van der Waals surface area (Å²) in [4.78, 5) is 14.3. The first kappa shape index (κ1) is 12.4. The molecule has 1 rings (SSSR count). The maximum Gasteiger partial charge on any atom is 0.168 e. The smallest absolute Gasteiger partial charge is 0.168 e. The maximum atomic E-state index is 10.4. The lowest BCUT2D eigenvalue weighted by Gasteiger charge is -2.04. The van der Waals surface area contributed by atoms with Gasteiger partial charge in [-0.05, 0) is 37.8 Å². The number of aromatic nitrogens is 1. The minimum absolute atomic E-state index is 0.429. The molecule has 86 valence electrons. The normalized spacial score (nSPS) is 9.75. The zero-order valence-electron chi connectivity index (χ0n) is 9.39. The van der Waals surface area contributed by atoms with Crippen LogP contribution in [0.5, 0.6) is 5.75 Å². The van der Waals surface area contributed by atoms with Gasteiger partial charge in [-0.1, -0.05) is 6.08 Å². The van der Waals surface area contributed by atoms with Gasteiger partial charge >= 0.3 is 0 Å². The van der Waals surface area contributed by atoms with E-state index in [1.165, 1.54) is 0 Å². The summed E-state index contributed by atoms with van der Waals surface area (Å²) in [7, 11) is 0. The highest BCUT2D eigenvalue weighted by molar-refractivity contribution is 5.71. The van der Waals surface area contributed by atoms with Crippen molar-refractivity contribution >= 4 is 6.29 Å². The number of allylic oxidation sites excluding steroid dienone is 1. The third kappa shape index (κ3) is 4.73. The predicted molar refractivity (Wildman–Crippen MR) is 63.8 cm³/mol. The number of aldehydes is 1. The Morgan fingerprint density at radius 1 is 1.31 bits per heavy atom. The van der Waals surface area contributed by atoms with Gasteiger partial charge in [0.15, 0.2) is 6.29 Å². The molecule has 0 amide bonds. The molecule has 0 aliphatic heterocycles. The number of ether oxygens (including phenoxy) is 1. The molecule has 0 spiro atoms. The van der Waals surface area contributed by atoms with E-state index in [2.05, 4.69) is 11.6 Å². The van der Waals surface area contributed by atoms with Crippen LogP contribution in [0, 0.1) is 0 Å². The van der Waals surface area contributed by atoms with Crippen LogP contribution in [0.1, 0.15) is 36.2 Å². The number of hydrogen-bond donors (Lipinski definition) is 0. The zero-order chi connectivity index (χ0) is 11.6. The van der Waals surface area contributed by atoms with Gasteiger partial charge in [0.1, 0.15) is 11.4 Å². The summed E-state index contributed by atoms with van der Waals surface area (Å²) in [5, 5.41) is 0. The van der Waals surface area contributed by atoms with E-state index in [4.69, 9.17) is 4.74 Å². The highest BCUT2D eigenvalue weighted by atomic mass is 16.5. The fourth-order valence-electron chi connectivity index (χ4n) is 1.30. The Kier molecular flexibility index (Phi) is 5.92. The largest absolute Gasteiger partial charge is 0.492 e. The average molecular weight is 219 g/mol. The summed E-state index contributed by atoms with van der Waals surface area (Å²) < 4.78 is 5.48. The van der Waals surface area contributed by atoms with Crippen molar-refractivity contribution < 1.29 is 9.53 Å². The number of unbranched alkanes of at least 4 members (excludes halogenated alkanes) is 3. The van der Waals surface area contributed by atoms with Gasteiger partial charge in [0.05, 0.1) is 12.8 Å². The highest BCUT2D eigenvalue weighted by Crippen LogP contribution is 2.09. The first-order valence-corrected chi connectivity index (χ1v) is 5.51. The third-order valence-electron chi connectivity index (χ3n) is 2.20. The minimum atomic E-state index is 0.429. The standard InChI is InChI=1S/C13H17NO2/c1-2-3-4-5-6-9-16-13-8-7-12(11-15)14-10-13/h2,7-8,10-11H,1,3-6,9H2. The molecule has 0 aliphatic carbocycles. The molecule has 1 aromatic heterocycles. The third-order valence-corrected chi connectivity index (χ3v) is 2.20. The Morgan fingerprint density at radius 2 is 2.19 bits per heavy atom. The SMILES string of the molecule is C=CCCCCCOc1ccc(C=O)nc1. The predicted octanol–water partition coefficient (Wildman–Crippen LogP) is 3.02. The van der Waals surface area contributed by atoms with Crippen LogP contribution in [0.25, 0.3) is 0 Å². The summed E-state index contributed by atoms with van der Waals surface area (Å²) >= 11 is 0. The first-order chi connectivity index (χ1) is 7.86. The van der Waals surface area contributed by atoms with E-state index in [-0.39, 0.29) is 0 Å². The van der Waals surface area contributed by atoms with Gasteiger partial charge in [0.2, 0.25) is 0 Å². The van der Waals surface area contributed by atoms with Gasteiger partial charge in [-0.2, -0.15) is 0 Å². The summed E-state index contributed by atoms with van der Waals surface area (Å²) in [6.45, 7) is 4.37. The summed E-state index contributed by atoms with van der Waals surface area (Å²) in [5.41, 5.74) is 0.429. The van der Waals surface area contributed by atoms with Gasteiger partial charge in [0.25, 0.3) is 0 Å². The van der Waals surface area contributed by atoms with Crippen LogP contribution in [0.2, 0.25) is 0 Å². The van der Waals surface area contributed by atoms with Crippen molar-refractivity contribution in [3.8, 4) is 5.75 Å². The second kappa shape index (κ2) is 7.63. The van der Waals surface area contributed by atoms with Crippen molar-refractivity contribution in [2.75, 3.05) is 6.61 Å². The molecule has 3 nitrogen and oxygen atoms in total. The summed E-state index contributed by atoms with van der Waals surface area (Å²) in [5.74, 6) is 0.717. The monoisotopic (exact) mass is 219 g/mol. The molecule has 0 unspecified atom stereocenters. The first-order valence-electron chi connectivity index (χ1n) is 5.51. The second-order valence-corrected chi connectivity index (χ2v) is 3.52. The molecule has 0 N–H and O–H groups in total. The van der Waals surface area contributed by atoms with Crippen LogP contribution in [-0.2, 0) is 0 Å². The molecule has 3 heteroatoms. The Bertz CT molecular complexity index is 319. The van der Waals surface area contributed by atoms with E-state index >= 15 is 0 Å². The molecule has 0 aromatic carbocycles. The van der Waals surface area contributed by atoms with E-state index in [0.717, 1.165) is 32.0 Å². The Labute approximate surface area is 96.2 Å². The van der Waals surface area contributed by atoms with E-state index in [1.807, 2.05) is 6.08 Å². The van der Waals surface area contributed by atoms with Crippen LogP contribution in [0.4, 0.5) is 0 Å². The van der Waals surface area contributed by atoms with Crippen LogP contribution in [0.3, 0.4) is 0 Å². The summed E-state index contributed by atoms with van der Waals surface area (Å²) in [6, 6.07) is 3.42. The molecule has 0 radical (unpaired) electrons. The quantitative estimate of drug-likeness (QED) is 0.383. The second-order valence-electron chi connectivity index (χ2n) is 3.52.